The molecule has 0 saturated heterocycles. The molecule has 2 nitrogen and oxygen atoms in total. The number of benzene rings is 3. The van der Waals surface area contributed by atoms with Gasteiger partial charge in [0.2, 0.25) is 0 Å². The molecule has 0 atom stereocenters. The molecule has 0 aromatic heterocycles. The Bertz CT molecular complexity index is 1100. The van der Waals surface area contributed by atoms with Crippen molar-refractivity contribution in [1.82, 2.24) is 0 Å². The van der Waals surface area contributed by atoms with E-state index in [2.05, 4.69) is 58.5 Å². The summed E-state index contributed by atoms with van der Waals surface area (Å²) in [7, 11) is 0. The van der Waals surface area contributed by atoms with Crippen LogP contribution in [0.4, 0.5) is 4.39 Å². The molecule has 0 radical (unpaired) electrons. The second-order valence-electron chi connectivity index (χ2n) is 9.86. The SMILES string of the molecule is Fc1c(CCc2ccc(C3=NCCCC3)cc2)cccc1CCc1ccc(C2=NCCCC2)cc1. The van der Waals surface area contributed by atoms with E-state index in [4.69, 9.17) is 0 Å². The molecule has 0 spiro atoms. The van der Waals surface area contributed by atoms with Gasteiger partial charge >= 0.3 is 0 Å². The summed E-state index contributed by atoms with van der Waals surface area (Å²) >= 11 is 0. The molecule has 3 aromatic carbocycles. The number of hydrogen-bond donors (Lipinski definition) is 0. The molecule has 0 aliphatic carbocycles. The van der Waals surface area contributed by atoms with Crippen LogP contribution in [0.3, 0.4) is 0 Å². The van der Waals surface area contributed by atoms with E-state index >= 15 is 4.39 Å². The van der Waals surface area contributed by atoms with Gasteiger partial charge < -0.3 is 0 Å². The summed E-state index contributed by atoms with van der Waals surface area (Å²) in [6.45, 7) is 1.90. The number of hydrogen-bond acceptors (Lipinski definition) is 2. The van der Waals surface area contributed by atoms with Crippen LogP contribution in [0.2, 0.25) is 0 Å². The van der Waals surface area contributed by atoms with Crippen molar-refractivity contribution in [3.63, 3.8) is 0 Å². The molecule has 0 N–H and O–H groups in total. The normalized spacial score (nSPS) is 16.0. The van der Waals surface area contributed by atoms with Gasteiger partial charge in [0, 0.05) is 24.5 Å². The first-order chi connectivity index (χ1) is 17.3. The van der Waals surface area contributed by atoms with Crippen molar-refractivity contribution in [2.24, 2.45) is 9.98 Å². The highest BCUT2D eigenvalue weighted by Crippen LogP contribution is 2.20. The minimum atomic E-state index is -0.0335. The van der Waals surface area contributed by atoms with Gasteiger partial charge in [-0.15, -0.1) is 0 Å². The van der Waals surface area contributed by atoms with Gasteiger partial charge in [0.25, 0.3) is 0 Å². The number of nitrogens with zero attached hydrogens (tertiary/aromatic N) is 2. The van der Waals surface area contributed by atoms with Crippen LogP contribution in [-0.2, 0) is 25.7 Å². The van der Waals surface area contributed by atoms with E-state index in [1.807, 2.05) is 18.2 Å². The van der Waals surface area contributed by atoms with Crippen molar-refractivity contribution in [2.45, 2.75) is 64.2 Å². The Morgan fingerprint density at radius 1 is 0.543 bits per heavy atom. The van der Waals surface area contributed by atoms with Crippen LogP contribution in [-0.4, -0.2) is 24.5 Å². The fraction of sp³-hybridized carbons (Fsp3) is 0.375. The second kappa shape index (κ2) is 11.6. The van der Waals surface area contributed by atoms with Crippen LogP contribution in [0.1, 0.15) is 71.9 Å². The highest BCUT2D eigenvalue weighted by atomic mass is 19.1. The third-order valence-electron chi connectivity index (χ3n) is 7.35. The van der Waals surface area contributed by atoms with Crippen LogP contribution in [0.15, 0.2) is 76.7 Å². The van der Waals surface area contributed by atoms with Crippen molar-refractivity contribution in [1.29, 1.82) is 0 Å². The minimum absolute atomic E-state index is 0.0335. The zero-order valence-electron chi connectivity index (χ0n) is 20.6. The zero-order chi connectivity index (χ0) is 23.9. The molecule has 2 heterocycles. The molecule has 3 aromatic rings. The highest BCUT2D eigenvalue weighted by molar-refractivity contribution is 6.01. The van der Waals surface area contributed by atoms with Gasteiger partial charge in [-0.1, -0.05) is 66.7 Å². The van der Waals surface area contributed by atoms with Crippen molar-refractivity contribution >= 4 is 11.4 Å². The summed E-state index contributed by atoms with van der Waals surface area (Å²) in [6.07, 6.45) is 10.2. The van der Waals surface area contributed by atoms with Gasteiger partial charge in [0.05, 0.1) is 0 Å². The Morgan fingerprint density at radius 3 is 1.40 bits per heavy atom. The molecule has 0 unspecified atom stereocenters. The largest absolute Gasteiger partial charge is 0.289 e. The Morgan fingerprint density at radius 2 is 1.00 bits per heavy atom. The lowest BCUT2D eigenvalue weighted by Crippen LogP contribution is -2.07. The van der Waals surface area contributed by atoms with Crippen LogP contribution in [0.25, 0.3) is 0 Å². The standard InChI is InChI=1S/C32H35FN2/c33-32-28(20-14-24-10-16-26(17-11-24)30-8-1-3-22-34-30)6-5-7-29(32)21-15-25-12-18-27(19-13-25)31-9-2-4-23-35-31/h5-7,10-13,16-19H,1-4,8-9,14-15,20-23H2. The van der Waals surface area contributed by atoms with Crippen LogP contribution in [0.5, 0.6) is 0 Å². The minimum Gasteiger partial charge on any atom is -0.289 e. The first-order valence-electron chi connectivity index (χ1n) is 13.3. The summed E-state index contributed by atoms with van der Waals surface area (Å²) in [6, 6.07) is 23.3. The van der Waals surface area contributed by atoms with E-state index in [0.717, 1.165) is 62.7 Å². The van der Waals surface area contributed by atoms with Gasteiger partial charge in [0.15, 0.2) is 0 Å². The average Bonchev–Trinajstić information content (AvgIpc) is 2.93. The third kappa shape index (κ3) is 6.14. The van der Waals surface area contributed by atoms with E-state index in [9.17, 15) is 0 Å². The van der Waals surface area contributed by atoms with Gasteiger partial charge in [-0.05, 0) is 97.6 Å². The maximum atomic E-state index is 15.3. The number of aliphatic imine (C=N–C) groups is 2. The number of halogens is 1. The summed E-state index contributed by atoms with van der Waals surface area (Å²) in [5.41, 5.74) is 9.07. The maximum Gasteiger partial charge on any atom is 0.129 e. The summed E-state index contributed by atoms with van der Waals surface area (Å²) in [4.78, 5) is 9.34. The maximum absolute atomic E-state index is 15.3. The zero-order valence-corrected chi connectivity index (χ0v) is 20.6. The quantitative estimate of drug-likeness (QED) is 0.332. The monoisotopic (exact) mass is 466 g/mol. The van der Waals surface area contributed by atoms with Crippen LogP contribution in [0, 0.1) is 5.82 Å². The first-order valence-corrected chi connectivity index (χ1v) is 13.3. The van der Waals surface area contributed by atoms with Crippen molar-refractivity contribution in [3.8, 4) is 0 Å². The highest BCUT2D eigenvalue weighted by Gasteiger charge is 2.11. The van der Waals surface area contributed by atoms with E-state index in [0.29, 0.717) is 0 Å². The van der Waals surface area contributed by atoms with E-state index in [1.54, 1.807) is 0 Å². The average molecular weight is 467 g/mol. The predicted molar refractivity (Wildman–Crippen MR) is 145 cm³/mol. The smallest absolute Gasteiger partial charge is 0.129 e. The third-order valence-corrected chi connectivity index (χ3v) is 7.35. The molecule has 3 heteroatoms. The predicted octanol–water partition coefficient (Wildman–Crippen LogP) is 7.34. The van der Waals surface area contributed by atoms with Crippen LogP contribution >= 0.6 is 0 Å². The first kappa shape index (κ1) is 23.7. The lowest BCUT2D eigenvalue weighted by molar-refractivity contribution is 0.590. The van der Waals surface area contributed by atoms with Crippen molar-refractivity contribution < 1.29 is 4.39 Å². The van der Waals surface area contributed by atoms with Gasteiger partial charge in [-0.25, -0.2) is 4.39 Å². The molecule has 180 valence electrons. The van der Waals surface area contributed by atoms with E-state index < -0.39 is 0 Å². The topological polar surface area (TPSA) is 24.7 Å². The Hall–Kier alpha value is -3.07. The molecule has 0 saturated carbocycles. The molecule has 0 bridgehead atoms. The molecule has 2 aliphatic heterocycles. The van der Waals surface area contributed by atoms with E-state index in [-0.39, 0.29) is 5.82 Å². The molecular weight excluding hydrogens is 431 g/mol. The lowest BCUT2D eigenvalue weighted by atomic mass is 9.96. The molecule has 5 rings (SSSR count). The molecule has 0 amide bonds. The second-order valence-corrected chi connectivity index (χ2v) is 9.86. The summed E-state index contributed by atoms with van der Waals surface area (Å²) in [5, 5.41) is 0. The van der Waals surface area contributed by atoms with Crippen molar-refractivity contribution in [3.05, 3.63) is 106 Å². The fourth-order valence-electron chi connectivity index (χ4n) is 5.17. The van der Waals surface area contributed by atoms with Crippen molar-refractivity contribution in [2.75, 3.05) is 13.1 Å². The summed E-state index contributed by atoms with van der Waals surface area (Å²) in [5.74, 6) is -0.0335. The summed E-state index contributed by atoms with van der Waals surface area (Å²) < 4.78 is 15.3. The molecule has 2 aliphatic rings. The lowest BCUT2D eigenvalue weighted by Gasteiger charge is -2.13. The molecule has 35 heavy (non-hydrogen) atoms. The van der Waals surface area contributed by atoms with Gasteiger partial charge in [-0.3, -0.25) is 9.98 Å². The number of rotatable bonds is 8. The molecule has 0 fully saturated rings. The van der Waals surface area contributed by atoms with E-state index in [1.165, 1.54) is 59.4 Å². The Balaban J connectivity index is 1.17. The van der Waals surface area contributed by atoms with Gasteiger partial charge in [-0.2, -0.15) is 0 Å². The van der Waals surface area contributed by atoms with Crippen LogP contribution < -0.4 is 0 Å². The fourth-order valence-corrected chi connectivity index (χ4v) is 5.17. The number of aryl methyl sites for hydroxylation is 4. The Labute approximate surface area is 209 Å². The Kier molecular flexibility index (Phi) is 7.82. The molecular formula is C32H35FN2. The van der Waals surface area contributed by atoms with Gasteiger partial charge in [0.1, 0.15) is 5.82 Å².